The number of carbonyl (C=O) groups excluding carboxylic acids is 2. The molecule has 3 atom stereocenters. The van der Waals surface area contributed by atoms with E-state index in [1.807, 2.05) is 20.8 Å². The molecule has 128 valence electrons. The van der Waals surface area contributed by atoms with Gasteiger partial charge in [-0.05, 0) is 11.0 Å². The van der Waals surface area contributed by atoms with E-state index in [0.29, 0.717) is 0 Å². The van der Waals surface area contributed by atoms with Crippen molar-refractivity contribution in [2.75, 3.05) is 13.6 Å². The van der Waals surface area contributed by atoms with Gasteiger partial charge in [0.1, 0.15) is 19.9 Å². The summed E-state index contributed by atoms with van der Waals surface area (Å²) in [4.78, 5) is 26.3. The molecule has 0 spiro atoms. The molecule has 1 rings (SSSR count). The number of nitrogens with zero attached hydrogens (tertiary/aromatic N) is 2. The van der Waals surface area contributed by atoms with Crippen molar-refractivity contribution in [2.24, 2.45) is 17.0 Å². The second-order valence-corrected chi connectivity index (χ2v) is 6.86. The van der Waals surface area contributed by atoms with Crippen molar-refractivity contribution in [3.05, 3.63) is 11.8 Å². The Bertz CT molecular complexity index is 487. The van der Waals surface area contributed by atoms with Crippen LogP contribution in [0, 0.1) is 5.41 Å². The number of likely N-dealkylation sites (N-methyl/N-ethyl adjacent to an activating group) is 1. The van der Waals surface area contributed by atoms with Crippen molar-refractivity contribution in [3.63, 3.8) is 0 Å². The third-order valence-electron chi connectivity index (χ3n) is 3.76. The van der Waals surface area contributed by atoms with E-state index in [2.05, 4.69) is 5.32 Å². The molecule has 23 heavy (non-hydrogen) atoms. The van der Waals surface area contributed by atoms with Gasteiger partial charge in [-0.15, -0.1) is 0 Å². The van der Waals surface area contributed by atoms with Gasteiger partial charge in [0, 0.05) is 26.2 Å². The molecule has 0 aliphatic carbocycles. The fraction of sp³-hybridized carbons (Fsp3) is 0.714. The molecule has 0 saturated carbocycles. The summed E-state index contributed by atoms with van der Waals surface area (Å²) in [6.07, 6.45) is 0.722. The van der Waals surface area contributed by atoms with E-state index in [4.69, 9.17) is 19.4 Å². The monoisotopic (exact) mass is 323 g/mol. The summed E-state index contributed by atoms with van der Waals surface area (Å²) in [5, 5.41) is 13.5. The number of hydrogen-bond donors (Lipinski definition) is 4. The number of amides is 2. The topological polar surface area (TPSA) is 125 Å². The Morgan fingerprint density at radius 1 is 1.48 bits per heavy atom. The smallest absolute Gasteiger partial charge is 0.248 e. The highest BCUT2D eigenvalue weighted by molar-refractivity contribution is 6.20. The van der Waals surface area contributed by atoms with E-state index in [9.17, 15) is 14.7 Å². The fourth-order valence-electron chi connectivity index (χ4n) is 2.82. The lowest BCUT2D eigenvalue weighted by molar-refractivity contribution is -0.145. The summed E-state index contributed by atoms with van der Waals surface area (Å²) >= 11 is 0. The Morgan fingerprint density at radius 3 is 2.48 bits per heavy atom. The van der Waals surface area contributed by atoms with Gasteiger partial charge in [0.25, 0.3) is 0 Å². The summed E-state index contributed by atoms with van der Waals surface area (Å²) in [7, 11) is 6.93. The maximum Gasteiger partial charge on any atom is 0.248 e. The van der Waals surface area contributed by atoms with Crippen LogP contribution in [0.2, 0.25) is 0 Å². The SMILES string of the molecule is [B]/C(N)=C/N(N)C(C(=O)N1CC(O)CC1C(=O)NC)C(C)(C)C. The van der Waals surface area contributed by atoms with Crippen LogP contribution in [0.25, 0.3) is 0 Å². The third-order valence-corrected chi connectivity index (χ3v) is 3.76. The van der Waals surface area contributed by atoms with Gasteiger partial charge in [-0.2, -0.15) is 0 Å². The number of rotatable bonds is 4. The van der Waals surface area contributed by atoms with E-state index in [0.717, 1.165) is 5.01 Å². The molecule has 8 nitrogen and oxygen atoms in total. The van der Waals surface area contributed by atoms with Gasteiger partial charge in [-0.1, -0.05) is 20.8 Å². The lowest BCUT2D eigenvalue weighted by Gasteiger charge is -2.39. The van der Waals surface area contributed by atoms with E-state index >= 15 is 0 Å². The zero-order chi connectivity index (χ0) is 17.9. The van der Waals surface area contributed by atoms with Gasteiger partial charge in [0.15, 0.2) is 0 Å². The molecule has 1 saturated heterocycles. The first-order valence-corrected chi connectivity index (χ1v) is 7.45. The zero-order valence-corrected chi connectivity index (χ0v) is 14.1. The van der Waals surface area contributed by atoms with Crippen LogP contribution in [-0.2, 0) is 9.59 Å². The largest absolute Gasteiger partial charge is 0.409 e. The first-order valence-electron chi connectivity index (χ1n) is 7.45. The molecule has 0 aromatic rings. The molecular formula is C14H26BN5O3. The number of nitrogens with two attached hydrogens (primary N) is 2. The molecule has 6 N–H and O–H groups in total. The van der Waals surface area contributed by atoms with Crippen molar-refractivity contribution < 1.29 is 14.7 Å². The molecule has 1 heterocycles. The van der Waals surface area contributed by atoms with E-state index in [1.54, 1.807) is 0 Å². The number of aliphatic hydroxyl groups excluding tert-OH is 1. The summed E-state index contributed by atoms with van der Waals surface area (Å²) in [6.45, 7) is 5.62. The molecule has 9 heteroatoms. The highest BCUT2D eigenvalue weighted by atomic mass is 16.3. The van der Waals surface area contributed by atoms with Crippen LogP contribution in [0.15, 0.2) is 11.8 Å². The van der Waals surface area contributed by atoms with Gasteiger partial charge < -0.3 is 26.1 Å². The van der Waals surface area contributed by atoms with Crippen molar-refractivity contribution in [1.29, 1.82) is 0 Å². The highest BCUT2D eigenvalue weighted by Gasteiger charge is 2.45. The Kier molecular flexibility index (Phi) is 6.07. The molecule has 1 aliphatic rings. The molecule has 1 fully saturated rings. The molecule has 0 aromatic heterocycles. The maximum atomic E-state index is 13.0. The maximum absolute atomic E-state index is 13.0. The van der Waals surface area contributed by atoms with E-state index in [1.165, 1.54) is 18.1 Å². The Labute approximate surface area is 138 Å². The lowest BCUT2D eigenvalue weighted by atomic mass is 9.85. The second-order valence-electron chi connectivity index (χ2n) is 6.86. The molecule has 0 aromatic carbocycles. The summed E-state index contributed by atoms with van der Waals surface area (Å²) in [5.41, 5.74) is 4.86. The highest BCUT2D eigenvalue weighted by Crippen LogP contribution is 2.28. The van der Waals surface area contributed by atoms with Crippen LogP contribution in [0.5, 0.6) is 0 Å². The number of aliphatic hydroxyl groups is 1. The van der Waals surface area contributed by atoms with Crippen LogP contribution in [-0.4, -0.2) is 66.5 Å². The van der Waals surface area contributed by atoms with Gasteiger partial charge >= 0.3 is 0 Å². The number of likely N-dealkylation sites (tertiary alicyclic amines) is 1. The predicted octanol–water partition coefficient (Wildman–Crippen LogP) is -1.79. The Balaban J connectivity index is 3.13. The van der Waals surface area contributed by atoms with Crippen LogP contribution < -0.4 is 16.9 Å². The minimum atomic E-state index is -0.790. The Hall–Kier alpha value is -1.74. The van der Waals surface area contributed by atoms with Gasteiger partial charge in [-0.3, -0.25) is 9.59 Å². The molecule has 0 bridgehead atoms. The van der Waals surface area contributed by atoms with Gasteiger partial charge in [0.2, 0.25) is 11.8 Å². The van der Waals surface area contributed by atoms with Crippen molar-refractivity contribution in [1.82, 2.24) is 15.2 Å². The van der Waals surface area contributed by atoms with Gasteiger partial charge in [-0.25, -0.2) is 5.84 Å². The number of β-amino-alcohol motifs (C(OH)–C–C–N with tert-alkyl or cyclic N) is 1. The van der Waals surface area contributed by atoms with E-state index in [-0.39, 0.29) is 30.4 Å². The minimum absolute atomic E-state index is 0.0288. The lowest BCUT2D eigenvalue weighted by Crippen LogP contribution is -2.58. The first kappa shape index (κ1) is 19.3. The second kappa shape index (κ2) is 7.22. The minimum Gasteiger partial charge on any atom is -0.409 e. The summed E-state index contributed by atoms with van der Waals surface area (Å²) < 4.78 is 0. The van der Waals surface area contributed by atoms with Gasteiger partial charge in [0.05, 0.1) is 6.10 Å². The molecule has 2 radical (unpaired) electrons. The summed E-state index contributed by atoms with van der Waals surface area (Å²) in [6, 6.07) is -1.51. The predicted molar refractivity (Wildman–Crippen MR) is 87.5 cm³/mol. The average molecular weight is 323 g/mol. The van der Waals surface area contributed by atoms with Crippen molar-refractivity contribution in [2.45, 2.75) is 45.4 Å². The zero-order valence-electron chi connectivity index (χ0n) is 14.1. The fourth-order valence-corrected chi connectivity index (χ4v) is 2.82. The quantitative estimate of drug-likeness (QED) is 0.275. The first-order chi connectivity index (χ1) is 10.5. The summed E-state index contributed by atoms with van der Waals surface area (Å²) in [5.74, 6) is 5.27. The number of carbonyl (C=O) groups is 2. The van der Waals surface area contributed by atoms with Crippen LogP contribution in [0.3, 0.4) is 0 Å². The molecular weight excluding hydrogens is 297 g/mol. The van der Waals surface area contributed by atoms with Crippen molar-refractivity contribution >= 4 is 19.7 Å². The van der Waals surface area contributed by atoms with Crippen LogP contribution in [0.1, 0.15) is 27.2 Å². The van der Waals surface area contributed by atoms with Crippen LogP contribution in [0.4, 0.5) is 0 Å². The molecule has 3 unspecified atom stereocenters. The number of hydrogen-bond acceptors (Lipinski definition) is 6. The van der Waals surface area contributed by atoms with Crippen molar-refractivity contribution in [3.8, 4) is 0 Å². The standard InChI is InChI=1S/C14H26BN5O3/c1-14(2,3)11(20(17)7-10(15)16)13(23)19-6-8(21)5-9(19)12(22)18-4/h7-9,11,21H,5-6,16-17H2,1-4H3,(H,18,22)/b10-7-. The molecule has 2 amide bonds. The average Bonchev–Trinajstić information content (AvgIpc) is 2.77. The normalized spacial score (nSPS) is 23.6. The van der Waals surface area contributed by atoms with E-state index < -0.39 is 23.6 Å². The Morgan fingerprint density at radius 2 is 2.04 bits per heavy atom. The number of nitrogens with one attached hydrogen (secondary N) is 1. The van der Waals surface area contributed by atoms with Crippen LogP contribution >= 0.6 is 0 Å². The third kappa shape index (κ3) is 4.62. The molecule has 1 aliphatic heterocycles. The number of hydrazine groups is 1.